The van der Waals surface area contributed by atoms with Gasteiger partial charge in [-0.1, -0.05) is 13.8 Å². The number of nitrogens with two attached hydrogens (primary N) is 1. The average Bonchev–Trinajstić information content (AvgIpc) is 2.21. The highest BCUT2D eigenvalue weighted by Gasteiger charge is 2.23. The first-order chi connectivity index (χ1) is 6.61. The molecule has 0 aromatic carbocycles. The van der Waals surface area contributed by atoms with Crippen molar-refractivity contribution in [3.05, 3.63) is 0 Å². The maximum atomic E-state index is 10.9. The van der Waals surface area contributed by atoms with Crippen LogP contribution < -0.4 is 5.73 Å². The molecular formula is C10H20N2O2. The van der Waals surface area contributed by atoms with Crippen molar-refractivity contribution in [3.63, 3.8) is 0 Å². The third kappa shape index (κ3) is 3.77. The van der Waals surface area contributed by atoms with Gasteiger partial charge in [0.25, 0.3) is 0 Å². The molecule has 0 aromatic rings. The van der Waals surface area contributed by atoms with Crippen molar-refractivity contribution in [1.82, 2.24) is 4.90 Å². The van der Waals surface area contributed by atoms with Gasteiger partial charge in [0.2, 0.25) is 11.8 Å². The molecule has 0 bridgehead atoms. The maximum Gasteiger partial charge on any atom is 0.220 e. The van der Waals surface area contributed by atoms with Gasteiger partial charge in [0, 0.05) is 25.9 Å². The van der Waals surface area contributed by atoms with E-state index in [-0.39, 0.29) is 17.7 Å². The van der Waals surface area contributed by atoms with Crippen LogP contribution >= 0.6 is 0 Å². The van der Waals surface area contributed by atoms with Crippen LogP contribution in [0.4, 0.5) is 0 Å². The predicted octanol–water partition coefficient (Wildman–Crippen LogP) is 0.756. The van der Waals surface area contributed by atoms with Crippen LogP contribution in [0.25, 0.3) is 0 Å². The van der Waals surface area contributed by atoms with Crippen molar-refractivity contribution in [3.8, 4) is 0 Å². The van der Waals surface area contributed by atoms with E-state index in [2.05, 4.69) is 0 Å². The Morgan fingerprint density at radius 1 is 1.21 bits per heavy atom. The third-order valence-corrected chi connectivity index (χ3v) is 2.34. The predicted molar refractivity (Wildman–Crippen MR) is 55.5 cm³/mol. The van der Waals surface area contributed by atoms with Crippen LogP contribution in [0.1, 0.15) is 33.6 Å². The molecule has 0 aromatic heterocycles. The fourth-order valence-corrected chi connectivity index (χ4v) is 1.48. The van der Waals surface area contributed by atoms with Gasteiger partial charge in [0.15, 0.2) is 0 Å². The van der Waals surface area contributed by atoms with Gasteiger partial charge in [-0.05, 0) is 12.8 Å². The van der Waals surface area contributed by atoms with E-state index >= 15 is 0 Å². The second-order valence-electron chi connectivity index (χ2n) is 3.18. The van der Waals surface area contributed by atoms with Crippen LogP contribution in [-0.2, 0) is 9.59 Å². The van der Waals surface area contributed by atoms with E-state index in [0.717, 1.165) is 12.8 Å². The molecule has 2 amide bonds. The topological polar surface area (TPSA) is 63.4 Å². The van der Waals surface area contributed by atoms with Crippen molar-refractivity contribution in [2.24, 2.45) is 11.7 Å². The molecule has 1 aliphatic rings. The number of carbonyl (C=O) groups is 2. The Kier molecular flexibility index (Phi) is 5.92. The van der Waals surface area contributed by atoms with Crippen LogP contribution in [0.5, 0.6) is 0 Å². The minimum atomic E-state index is -0.238. The van der Waals surface area contributed by atoms with E-state index in [9.17, 15) is 9.59 Å². The second-order valence-corrected chi connectivity index (χ2v) is 3.18. The molecule has 4 nitrogen and oxygen atoms in total. The molecule has 1 saturated heterocycles. The molecule has 0 spiro atoms. The third-order valence-electron chi connectivity index (χ3n) is 2.34. The smallest absolute Gasteiger partial charge is 0.220 e. The molecule has 1 aliphatic heterocycles. The molecule has 0 aliphatic carbocycles. The highest BCUT2D eigenvalue weighted by atomic mass is 16.2. The van der Waals surface area contributed by atoms with Gasteiger partial charge in [-0.15, -0.1) is 0 Å². The lowest BCUT2D eigenvalue weighted by atomic mass is 9.96. The SMILES string of the molecule is CC.CC(=O)N1CCC(C(N)=O)CC1. The Morgan fingerprint density at radius 2 is 1.64 bits per heavy atom. The van der Waals surface area contributed by atoms with Gasteiger partial charge in [0.1, 0.15) is 0 Å². The number of hydrogen-bond donors (Lipinski definition) is 1. The average molecular weight is 200 g/mol. The number of piperidine rings is 1. The van der Waals surface area contributed by atoms with E-state index in [1.165, 1.54) is 0 Å². The van der Waals surface area contributed by atoms with Crippen molar-refractivity contribution in [2.75, 3.05) is 13.1 Å². The Morgan fingerprint density at radius 3 is 1.93 bits per heavy atom. The summed E-state index contributed by atoms with van der Waals surface area (Å²) in [5, 5.41) is 0. The monoisotopic (exact) mass is 200 g/mol. The van der Waals surface area contributed by atoms with Gasteiger partial charge in [-0.2, -0.15) is 0 Å². The summed E-state index contributed by atoms with van der Waals surface area (Å²) in [5.41, 5.74) is 5.15. The summed E-state index contributed by atoms with van der Waals surface area (Å²) in [4.78, 5) is 23.4. The molecule has 0 atom stereocenters. The minimum absolute atomic E-state index is 0.0272. The number of primary amides is 1. The fourth-order valence-electron chi connectivity index (χ4n) is 1.48. The number of amides is 2. The first-order valence-corrected chi connectivity index (χ1v) is 5.16. The van der Waals surface area contributed by atoms with E-state index in [1.54, 1.807) is 11.8 Å². The number of hydrogen-bond acceptors (Lipinski definition) is 2. The molecule has 14 heavy (non-hydrogen) atoms. The zero-order valence-corrected chi connectivity index (χ0v) is 9.25. The van der Waals surface area contributed by atoms with Gasteiger partial charge < -0.3 is 10.6 Å². The van der Waals surface area contributed by atoms with Crippen LogP contribution in [-0.4, -0.2) is 29.8 Å². The molecule has 0 saturated carbocycles. The van der Waals surface area contributed by atoms with Crippen molar-refractivity contribution in [1.29, 1.82) is 0 Å². The molecule has 82 valence electrons. The summed E-state index contributed by atoms with van der Waals surface area (Å²) in [6.07, 6.45) is 1.43. The summed E-state index contributed by atoms with van der Waals surface area (Å²) < 4.78 is 0. The largest absolute Gasteiger partial charge is 0.369 e. The summed E-state index contributed by atoms with van der Waals surface area (Å²) in [6, 6.07) is 0. The molecule has 0 radical (unpaired) electrons. The van der Waals surface area contributed by atoms with Crippen molar-refractivity contribution in [2.45, 2.75) is 33.6 Å². The summed E-state index contributed by atoms with van der Waals surface area (Å²) >= 11 is 0. The lowest BCUT2D eigenvalue weighted by Crippen LogP contribution is -2.40. The quantitative estimate of drug-likeness (QED) is 0.679. The zero-order chi connectivity index (χ0) is 11.1. The number of likely N-dealkylation sites (tertiary alicyclic amines) is 1. The highest BCUT2D eigenvalue weighted by Crippen LogP contribution is 2.16. The molecule has 4 heteroatoms. The molecular weight excluding hydrogens is 180 g/mol. The number of rotatable bonds is 1. The second kappa shape index (κ2) is 6.40. The van der Waals surface area contributed by atoms with Crippen molar-refractivity contribution >= 4 is 11.8 Å². The molecule has 0 unspecified atom stereocenters. The summed E-state index contributed by atoms with van der Waals surface area (Å²) in [6.45, 7) is 6.89. The maximum absolute atomic E-state index is 10.9. The van der Waals surface area contributed by atoms with Gasteiger partial charge in [-0.3, -0.25) is 9.59 Å². The van der Waals surface area contributed by atoms with Crippen LogP contribution in [0.15, 0.2) is 0 Å². The van der Waals surface area contributed by atoms with Gasteiger partial charge >= 0.3 is 0 Å². The Hall–Kier alpha value is -1.06. The number of nitrogens with zero attached hydrogens (tertiary/aromatic N) is 1. The Labute approximate surface area is 85.4 Å². The van der Waals surface area contributed by atoms with Crippen LogP contribution in [0.2, 0.25) is 0 Å². The van der Waals surface area contributed by atoms with Crippen molar-refractivity contribution < 1.29 is 9.59 Å². The fraction of sp³-hybridized carbons (Fsp3) is 0.800. The first-order valence-electron chi connectivity index (χ1n) is 5.16. The van der Waals surface area contributed by atoms with E-state index in [4.69, 9.17) is 5.73 Å². The lowest BCUT2D eigenvalue weighted by Gasteiger charge is -2.29. The molecule has 2 N–H and O–H groups in total. The first kappa shape index (κ1) is 12.9. The van der Waals surface area contributed by atoms with E-state index in [1.807, 2.05) is 13.8 Å². The van der Waals surface area contributed by atoms with E-state index < -0.39 is 0 Å². The summed E-state index contributed by atoms with van der Waals surface area (Å²) in [5.74, 6) is -0.184. The summed E-state index contributed by atoms with van der Waals surface area (Å²) in [7, 11) is 0. The van der Waals surface area contributed by atoms with E-state index in [0.29, 0.717) is 13.1 Å². The minimum Gasteiger partial charge on any atom is -0.369 e. The number of carbonyl (C=O) groups excluding carboxylic acids is 2. The highest BCUT2D eigenvalue weighted by molar-refractivity contribution is 5.77. The standard InChI is InChI=1S/C8H14N2O2.C2H6/c1-6(11)10-4-2-7(3-5-10)8(9)12;1-2/h7H,2-5H2,1H3,(H2,9,12);1-2H3. The lowest BCUT2D eigenvalue weighted by molar-refractivity contribution is -0.132. The van der Waals surface area contributed by atoms with Crippen LogP contribution in [0, 0.1) is 5.92 Å². The molecule has 1 rings (SSSR count). The Bertz CT molecular complexity index is 174. The van der Waals surface area contributed by atoms with Gasteiger partial charge in [0.05, 0.1) is 0 Å². The van der Waals surface area contributed by atoms with Gasteiger partial charge in [-0.25, -0.2) is 0 Å². The zero-order valence-electron chi connectivity index (χ0n) is 9.25. The molecule has 1 fully saturated rings. The normalized spacial score (nSPS) is 16.9. The van der Waals surface area contributed by atoms with Crippen LogP contribution in [0.3, 0.4) is 0 Å². The Balaban J connectivity index is 0.000000791. The molecule has 1 heterocycles.